The van der Waals surface area contributed by atoms with Crippen molar-refractivity contribution in [2.75, 3.05) is 18.4 Å². The zero-order valence-corrected chi connectivity index (χ0v) is 14.3. The highest BCUT2D eigenvalue weighted by atomic mass is 32.2. The van der Waals surface area contributed by atoms with Gasteiger partial charge in [-0.25, -0.2) is 8.42 Å². The first-order chi connectivity index (χ1) is 11.0. The van der Waals surface area contributed by atoms with E-state index in [0.717, 1.165) is 24.9 Å². The molecule has 0 spiro atoms. The quantitative estimate of drug-likeness (QED) is 0.831. The lowest BCUT2D eigenvalue weighted by molar-refractivity contribution is -0.122. The van der Waals surface area contributed by atoms with E-state index in [-0.39, 0.29) is 17.1 Å². The Morgan fingerprint density at radius 3 is 2.43 bits per heavy atom. The molecule has 0 bridgehead atoms. The summed E-state index contributed by atoms with van der Waals surface area (Å²) in [6.45, 7) is 2.80. The van der Waals surface area contributed by atoms with E-state index in [4.69, 9.17) is 0 Å². The molecule has 0 atom stereocenters. The first kappa shape index (κ1) is 16.5. The van der Waals surface area contributed by atoms with Gasteiger partial charge in [0.15, 0.2) is 0 Å². The van der Waals surface area contributed by atoms with Crippen molar-refractivity contribution >= 4 is 21.6 Å². The van der Waals surface area contributed by atoms with Crippen LogP contribution in [0.25, 0.3) is 0 Å². The summed E-state index contributed by atoms with van der Waals surface area (Å²) >= 11 is 0. The molecule has 0 unspecified atom stereocenters. The smallest absolute Gasteiger partial charge is 0.230 e. The molecule has 1 aliphatic carbocycles. The Morgan fingerprint density at radius 1 is 1.22 bits per heavy atom. The minimum Gasteiger partial charge on any atom is -0.326 e. The molecule has 6 heteroatoms. The highest BCUT2D eigenvalue weighted by Gasteiger charge is 2.46. The van der Waals surface area contributed by atoms with Gasteiger partial charge in [-0.1, -0.05) is 25.5 Å². The highest BCUT2D eigenvalue weighted by molar-refractivity contribution is 7.90. The third kappa shape index (κ3) is 3.75. The van der Waals surface area contributed by atoms with Gasteiger partial charge in [-0.3, -0.25) is 4.79 Å². The number of sulfonamides is 1. The van der Waals surface area contributed by atoms with Gasteiger partial charge in [0.05, 0.1) is 11.2 Å². The molecule has 1 saturated carbocycles. The van der Waals surface area contributed by atoms with E-state index in [1.807, 2.05) is 24.3 Å². The van der Waals surface area contributed by atoms with Crippen molar-refractivity contribution in [3.63, 3.8) is 0 Å². The Labute approximate surface area is 138 Å². The standard InChI is InChI=1S/C17H24N2O3S/c1-2-3-4-13-5-7-15(8-6-13)18-17(20)14-11-19(12-14)23(21,22)16-9-10-16/h5-8,14,16H,2-4,9-12H2,1H3,(H,18,20). The van der Waals surface area contributed by atoms with Crippen molar-refractivity contribution in [1.29, 1.82) is 0 Å². The second-order valence-corrected chi connectivity index (χ2v) is 8.76. The van der Waals surface area contributed by atoms with E-state index in [9.17, 15) is 13.2 Å². The van der Waals surface area contributed by atoms with Gasteiger partial charge in [-0.15, -0.1) is 0 Å². The maximum atomic E-state index is 12.2. The van der Waals surface area contributed by atoms with E-state index in [1.54, 1.807) is 0 Å². The van der Waals surface area contributed by atoms with Crippen LogP contribution in [0.3, 0.4) is 0 Å². The van der Waals surface area contributed by atoms with Crippen LogP contribution in [0.2, 0.25) is 0 Å². The summed E-state index contributed by atoms with van der Waals surface area (Å²) < 4.78 is 25.5. The molecule has 1 aromatic carbocycles. The van der Waals surface area contributed by atoms with Crippen LogP contribution in [0.5, 0.6) is 0 Å². The number of hydrogen-bond donors (Lipinski definition) is 1. The Hall–Kier alpha value is -1.40. The van der Waals surface area contributed by atoms with Crippen molar-refractivity contribution in [3.8, 4) is 0 Å². The monoisotopic (exact) mass is 336 g/mol. The van der Waals surface area contributed by atoms with E-state index in [1.165, 1.54) is 22.7 Å². The summed E-state index contributed by atoms with van der Waals surface area (Å²) in [6, 6.07) is 7.91. The van der Waals surface area contributed by atoms with Crippen molar-refractivity contribution in [2.45, 2.75) is 44.3 Å². The third-order valence-corrected chi connectivity index (χ3v) is 6.90. The van der Waals surface area contributed by atoms with E-state index >= 15 is 0 Å². The van der Waals surface area contributed by atoms with Crippen LogP contribution in [-0.2, 0) is 21.2 Å². The molecule has 2 aliphatic rings. The van der Waals surface area contributed by atoms with Crippen LogP contribution >= 0.6 is 0 Å². The van der Waals surface area contributed by atoms with Gasteiger partial charge in [-0.2, -0.15) is 4.31 Å². The summed E-state index contributed by atoms with van der Waals surface area (Å²) in [5.74, 6) is -0.322. The first-order valence-electron chi connectivity index (χ1n) is 8.39. The first-order valence-corrected chi connectivity index (χ1v) is 9.90. The van der Waals surface area contributed by atoms with E-state index in [2.05, 4.69) is 12.2 Å². The van der Waals surface area contributed by atoms with Gasteiger partial charge >= 0.3 is 0 Å². The number of anilines is 1. The van der Waals surface area contributed by atoms with Gasteiger partial charge in [0.1, 0.15) is 0 Å². The summed E-state index contributed by atoms with van der Waals surface area (Å²) in [4.78, 5) is 12.2. The lowest BCUT2D eigenvalue weighted by atomic mass is 10.0. The van der Waals surface area contributed by atoms with Crippen molar-refractivity contribution in [3.05, 3.63) is 29.8 Å². The number of carbonyl (C=O) groups excluding carboxylic acids is 1. The highest BCUT2D eigenvalue weighted by Crippen LogP contribution is 2.34. The number of aryl methyl sites for hydroxylation is 1. The fourth-order valence-corrected chi connectivity index (χ4v) is 4.70. The molecule has 1 aromatic rings. The maximum absolute atomic E-state index is 12.2. The average molecular weight is 336 g/mol. The zero-order valence-electron chi connectivity index (χ0n) is 13.5. The Kier molecular flexibility index (Phi) is 4.73. The molecular weight excluding hydrogens is 312 g/mol. The summed E-state index contributed by atoms with van der Waals surface area (Å²) in [5.41, 5.74) is 2.05. The van der Waals surface area contributed by atoms with Crippen molar-refractivity contribution < 1.29 is 13.2 Å². The van der Waals surface area contributed by atoms with Crippen LogP contribution in [0.1, 0.15) is 38.2 Å². The lowest BCUT2D eigenvalue weighted by Crippen LogP contribution is -2.55. The molecule has 2 fully saturated rings. The number of hydrogen-bond acceptors (Lipinski definition) is 3. The fraction of sp³-hybridized carbons (Fsp3) is 0.588. The molecule has 1 N–H and O–H groups in total. The van der Waals surface area contributed by atoms with Gasteiger partial charge in [-0.05, 0) is 43.4 Å². The lowest BCUT2D eigenvalue weighted by Gasteiger charge is -2.37. The number of nitrogens with one attached hydrogen (secondary N) is 1. The Morgan fingerprint density at radius 2 is 1.87 bits per heavy atom. The third-order valence-electron chi connectivity index (χ3n) is 4.56. The second-order valence-electron chi connectivity index (χ2n) is 6.55. The number of benzene rings is 1. The van der Waals surface area contributed by atoms with Crippen molar-refractivity contribution in [2.24, 2.45) is 5.92 Å². The van der Waals surface area contributed by atoms with Crippen LogP contribution in [0.15, 0.2) is 24.3 Å². The largest absolute Gasteiger partial charge is 0.326 e. The summed E-state index contributed by atoms with van der Waals surface area (Å²) in [6.07, 6.45) is 4.92. The fourth-order valence-electron chi connectivity index (χ4n) is 2.77. The molecule has 0 aromatic heterocycles. The number of amides is 1. The molecule has 3 rings (SSSR count). The van der Waals surface area contributed by atoms with Gasteiger partial charge < -0.3 is 5.32 Å². The number of nitrogens with zero attached hydrogens (tertiary/aromatic N) is 1. The predicted molar refractivity (Wildman–Crippen MR) is 90.7 cm³/mol. The predicted octanol–water partition coefficient (Wildman–Crippen LogP) is 2.39. The number of carbonyl (C=O) groups is 1. The van der Waals surface area contributed by atoms with Crippen LogP contribution in [0, 0.1) is 5.92 Å². The molecule has 1 saturated heterocycles. The Bertz CT molecular complexity index is 660. The van der Waals surface area contributed by atoms with E-state index < -0.39 is 10.0 Å². The minimum atomic E-state index is -3.13. The summed E-state index contributed by atoms with van der Waals surface area (Å²) in [7, 11) is -3.13. The molecule has 1 amide bonds. The molecule has 5 nitrogen and oxygen atoms in total. The van der Waals surface area contributed by atoms with E-state index in [0.29, 0.717) is 13.1 Å². The zero-order chi connectivity index (χ0) is 16.4. The van der Waals surface area contributed by atoms with Crippen LogP contribution in [-0.4, -0.2) is 37.0 Å². The SMILES string of the molecule is CCCCc1ccc(NC(=O)C2CN(S(=O)(=O)C3CC3)C2)cc1. The second kappa shape index (κ2) is 6.61. The molecule has 1 heterocycles. The van der Waals surface area contributed by atoms with Gasteiger partial charge in [0.2, 0.25) is 15.9 Å². The molecular formula is C17H24N2O3S. The summed E-state index contributed by atoms with van der Waals surface area (Å²) in [5, 5.41) is 2.69. The van der Waals surface area contributed by atoms with Gasteiger partial charge in [0, 0.05) is 18.8 Å². The van der Waals surface area contributed by atoms with Crippen molar-refractivity contribution in [1.82, 2.24) is 4.31 Å². The van der Waals surface area contributed by atoms with Gasteiger partial charge in [0.25, 0.3) is 0 Å². The minimum absolute atomic E-state index is 0.0893. The van der Waals surface area contributed by atoms with Crippen LogP contribution in [0.4, 0.5) is 5.69 Å². The molecule has 126 valence electrons. The molecule has 23 heavy (non-hydrogen) atoms. The number of rotatable bonds is 7. The van der Waals surface area contributed by atoms with Crippen LogP contribution < -0.4 is 5.32 Å². The topological polar surface area (TPSA) is 66.5 Å². The average Bonchev–Trinajstić information content (AvgIpc) is 3.29. The molecule has 1 aliphatic heterocycles. The number of unbranched alkanes of at least 4 members (excludes halogenated alkanes) is 1. The Balaban J connectivity index is 1.48. The normalized spacial score (nSPS) is 19.3. The maximum Gasteiger partial charge on any atom is 0.230 e. The molecule has 0 radical (unpaired) electrons.